The zero-order valence-electron chi connectivity index (χ0n) is 10.2. The van der Waals surface area contributed by atoms with Crippen molar-refractivity contribution in [1.82, 2.24) is 5.32 Å². The number of nitrogens with two attached hydrogens (primary N) is 1. The molecule has 3 heteroatoms. The van der Waals surface area contributed by atoms with Crippen LogP contribution in [0.2, 0.25) is 0 Å². The second-order valence-corrected chi connectivity index (χ2v) is 5.31. The van der Waals surface area contributed by atoms with Crippen LogP contribution in [0.25, 0.3) is 0 Å². The van der Waals surface area contributed by atoms with E-state index >= 15 is 0 Å². The largest absolute Gasteiger partial charge is 0.370 e. The average Bonchev–Trinajstić information content (AvgIpc) is 1.99. The van der Waals surface area contributed by atoms with Gasteiger partial charge in [0.1, 0.15) is 0 Å². The quantitative estimate of drug-likeness (QED) is 0.744. The molecule has 0 aliphatic heterocycles. The number of hydrogen-bond acceptors (Lipinski definition) is 2. The van der Waals surface area contributed by atoms with Crippen molar-refractivity contribution in [1.29, 1.82) is 0 Å². The fourth-order valence-electron chi connectivity index (χ4n) is 3.33. The third-order valence-electron chi connectivity index (χ3n) is 3.35. The smallest absolute Gasteiger partial charge is 0.219 e. The first-order valence-electron chi connectivity index (χ1n) is 6.01. The summed E-state index contributed by atoms with van der Waals surface area (Å²) < 4.78 is 0. The molecule has 1 saturated carbocycles. The summed E-state index contributed by atoms with van der Waals surface area (Å²) in [6.45, 7) is 7.53. The minimum Gasteiger partial charge on any atom is -0.370 e. The Balaban J connectivity index is 2.73. The van der Waals surface area contributed by atoms with Gasteiger partial charge in [-0.1, -0.05) is 20.8 Å². The van der Waals surface area contributed by atoms with Crippen molar-refractivity contribution in [3.63, 3.8) is 0 Å². The molecule has 2 unspecified atom stereocenters. The van der Waals surface area contributed by atoms with Crippen LogP contribution in [0.1, 0.15) is 46.5 Å². The van der Waals surface area contributed by atoms with Crippen LogP contribution < -0.4 is 11.1 Å². The summed E-state index contributed by atoms with van der Waals surface area (Å²) in [5.74, 6) is 1.19. The van der Waals surface area contributed by atoms with E-state index in [9.17, 15) is 4.79 Å². The van der Waals surface area contributed by atoms with Gasteiger partial charge in [-0.25, -0.2) is 0 Å². The number of rotatable bonds is 4. The molecule has 1 fully saturated rings. The Hall–Kier alpha value is -0.570. The highest BCUT2D eigenvalue weighted by Gasteiger charge is 2.38. The van der Waals surface area contributed by atoms with Gasteiger partial charge in [-0.05, 0) is 37.6 Å². The molecule has 88 valence electrons. The van der Waals surface area contributed by atoms with Crippen LogP contribution in [-0.4, -0.2) is 18.0 Å². The van der Waals surface area contributed by atoms with E-state index in [2.05, 4.69) is 26.1 Å². The van der Waals surface area contributed by atoms with E-state index in [1.54, 1.807) is 0 Å². The van der Waals surface area contributed by atoms with Crippen LogP contribution in [0, 0.1) is 11.8 Å². The van der Waals surface area contributed by atoms with Gasteiger partial charge in [-0.3, -0.25) is 4.79 Å². The molecule has 0 radical (unpaired) electrons. The number of hydrogen-bond donors (Lipinski definition) is 2. The van der Waals surface area contributed by atoms with E-state index in [1.165, 1.54) is 6.42 Å². The summed E-state index contributed by atoms with van der Waals surface area (Å²) in [6.07, 6.45) is 3.91. The molecule has 0 aromatic carbocycles. The highest BCUT2D eigenvalue weighted by Crippen LogP contribution is 2.37. The average molecular weight is 212 g/mol. The van der Waals surface area contributed by atoms with Gasteiger partial charge in [-0.2, -0.15) is 0 Å². The third-order valence-corrected chi connectivity index (χ3v) is 3.35. The summed E-state index contributed by atoms with van der Waals surface area (Å²) in [5.41, 5.74) is 5.32. The Bertz CT molecular complexity index is 218. The predicted molar refractivity (Wildman–Crippen MR) is 62.4 cm³/mol. The van der Waals surface area contributed by atoms with Crippen LogP contribution >= 0.6 is 0 Å². The highest BCUT2D eigenvalue weighted by atomic mass is 16.1. The van der Waals surface area contributed by atoms with Gasteiger partial charge >= 0.3 is 0 Å². The van der Waals surface area contributed by atoms with Gasteiger partial charge < -0.3 is 11.1 Å². The molecule has 0 spiro atoms. The van der Waals surface area contributed by atoms with Crippen molar-refractivity contribution < 1.29 is 4.79 Å². The van der Waals surface area contributed by atoms with Crippen LogP contribution in [0.3, 0.4) is 0 Å². The summed E-state index contributed by atoms with van der Waals surface area (Å²) in [7, 11) is 0. The maximum Gasteiger partial charge on any atom is 0.219 e. The molecule has 0 aromatic heterocycles. The predicted octanol–water partition coefficient (Wildman–Crippen LogP) is 1.67. The lowest BCUT2D eigenvalue weighted by Crippen LogP contribution is -2.52. The van der Waals surface area contributed by atoms with Crippen molar-refractivity contribution in [3.05, 3.63) is 0 Å². The number of carbonyl (C=O) groups excluding carboxylic acids is 1. The molecule has 1 rings (SSSR count). The lowest BCUT2D eigenvalue weighted by atomic mass is 9.70. The molecule has 0 bridgehead atoms. The minimum absolute atomic E-state index is 0.0301. The monoisotopic (exact) mass is 212 g/mol. The van der Waals surface area contributed by atoms with Crippen molar-refractivity contribution in [3.8, 4) is 0 Å². The van der Waals surface area contributed by atoms with E-state index in [0.29, 0.717) is 18.3 Å². The van der Waals surface area contributed by atoms with Crippen molar-refractivity contribution >= 4 is 5.91 Å². The van der Waals surface area contributed by atoms with Gasteiger partial charge in [0, 0.05) is 12.0 Å². The summed E-state index contributed by atoms with van der Waals surface area (Å²) in [4.78, 5) is 11.1. The Kier molecular flexibility index (Phi) is 4.14. The van der Waals surface area contributed by atoms with Gasteiger partial charge in [0.05, 0.1) is 0 Å². The minimum atomic E-state index is -0.183. The number of carbonyl (C=O) groups is 1. The molecule has 0 heterocycles. The molecule has 1 amide bonds. The fraction of sp³-hybridized carbons (Fsp3) is 0.917. The molecule has 0 saturated heterocycles. The number of nitrogens with one attached hydrogen (secondary N) is 1. The van der Waals surface area contributed by atoms with E-state index in [1.807, 2.05) is 0 Å². The Morgan fingerprint density at radius 2 is 1.93 bits per heavy atom. The molecule has 2 atom stereocenters. The second kappa shape index (κ2) is 4.97. The first-order valence-corrected chi connectivity index (χ1v) is 6.01. The summed E-state index contributed by atoms with van der Waals surface area (Å²) in [5, 5.41) is 3.49. The molecule has 3 nitrogen and oxygen atoms in total. The van der Waals surface area contributed by atoms with Crippen molar-refractivity contribution in [2.75, 3.05) is 6.54 Å². The first-order chi connectivity index (χ1) is 6.97. The van der Waals surface area contributed by atoms with Gasteiger partial charge in [0.15, 0.2) is 0 Å². The fourth-order valence-corrected chi connectivity index (χ4v) is 3.33. The second-order valence-electron chi connectivity index (χ2n) is 5.31. The SMILES string of the molecule is CCNC1(CC(N)=O)CC(C)CC(C)C1. The van der Waals surface area contributed by atoms with E-state index in [4.69, 9.17) is 5.73 Å². The molecule has 3 N–H and O–H groups in total. The number of primary amides is 1. The van der Waals surface area contributed by atoms with Gasteiger partial charge in [0.2, 0.25) is 5.91 Å². The topological polar surface area (TPSA) is 55.1 Å². The molecule has 15 heavy (non-hydrogen) atoms. The lowest BCUT2D eigenvalue weighted by molar-refractivity contribution is -0.120. The van der Waals surface area contributed by atoms with Crippen LogP contribution in [0.15, 0.2) is 0 Å². The Morgan fingerprint density at radius 3 is 2.33 bits per heavy atom. The van der Waals surface area contributed by atoms with E-state index in [-0.39, 0.29) is 11.4 Å². The van der Waals surface area contributed by atoms with Crippen LogP contribution in [0.5, 0.6) is 0 Å². The Labute approximate surface area is 92.8 Å². The van der Waals surface area contributed by atoms with Crippen molar-refractivity contribution in [2.24, 2.45) is 17.6 Å². The van der Waals surface area contributed by atoms with Crippen LogP contribution in [0.4, 0.5) is 0 Å². The summed E-state index contributed by atoms with van der Waals surface area (Å²) in [6, 6.07) is 0. The number of amides is 1. The van der Waals surface area contributed by atoms with E-state index < -0.39 is 0 Å². The zero-order valence-corrected chi connectivity index (χ0v) is 10.2. The van der Waals surface area contributed by atoms with Crippen molar-refractivity contribution in [2.45, 2.75) is 52.0 Å². The van der Waals surface area contributed by atoms with Crippen LogP contribution in [-0.2, 0) is 4.79 Å². The maximum atomic E-state index is 11.1. The maximum absolute atomic E-state index is 11.1. The first kappa shape index (κ1) is 12.5. The third kappa shape index (κ3) is 3.49. The van der Waals surface area contributed by atoms with E-state index in [0.717, 1.165) is 19.4 Å². The molecular weight excluding hydrogens is 188 g/mol. The molecular formula is C12H24N2O. The lowest BCUT2D eigenvalue weighted by Gasteiger charge is -2.43. The Morgan fingerprint density at radius 1 is 1.40 bits per heavy atom. The molecule has 1 aliphatic carbocycles. The standard InChI is InChI=1S/C12H24N2O/c1-4-14-12(8-11(13)15)6-9(2)5-10(3)7-12/h9-10,14H,4-8H2,1-3H3,(H2,13,15). The molecule has 1 aliphatic rings. The normalized spacial score (nSPS) is 36.5. The zero-order chi connectivity index (χ0) is 11.5. The van der Waals surface area contributed by atoms with Gasteiger partial charge in [-0.15, -0.1) is 0 Å². The van der Waals surface area contributed by atoms with Gasteiger partial charge in [0.25, 0.3) is 0 Å². The summed E-state index contributed by atoms with van der Waals surface area (Å²) >= 11 is 0. The highest BCUT2D eigenvalue weighted by molar-refractivity contribution is 5.75. The molecule has 0 aromatic rings.